The van der Waals surface area contributed by atoms with Crippen LogP contribution in [0.2, 0.25) is 5.02 Å². The molecule has 0 radical (unpaired) electrons. The zero-order chi connectivity index (χ0) is 21.1. The molecule has 1 amide bonds. The second-order valence-corrected chi connectivity index (χ2v) is 7.70. The van der Waals surface area contributed by atoms with Gasteiger partial charge < -0.3 is 9.73 Å². The Kier molecular flexibility index (Phi) is 5.91. The maximum Gasteiger partial charge on any atom is 0.258 e. The van der Waals surface area contributed by atoms with Gasteiger partial charge in [-0.15, -0.1) is 11.3 Å². The van der Waals surface area contributed by atoms with Gasteiger partial charge >= 0.3 is 0 Å². The summed E-state index contributed by atoms with van der Waals surface area (Å²) in [4.78, 5) is 38.7. The minimum Gasteiger partial charge on any atom is -0.452 e. The summed E-state index contributed by atoms with van der Waals surface area (Å²) in [6, 6.07) is 12.0. The van der Waals surface area contributed by atoms with E-state index in [1.54, 1.807) is 48.7 Å². The van der Waals surface area contributed by atoms with Crippen molar-refractivity contribution < 1.29 is 23.8 Å². The summed E-state index contributed by atoms with van der Waals surface area (Å²) in [6.45, 7) is 0.270. The lowest BCUT2D eigenvalue weighted by Crippen LogP contribution is -2.13. The third-order valence-corrected chi connectivity index (χ3v) is 5.72. The molecule has 1 aromatic carbocycles. The van der Waals surface area contributed by atoms with Crippen LogP contribution in [-0.2, 0) is 16.4 Å². The third-order valence-electron chi connectivity index (χ3n) is 4.28. The molecule has 30 heavy (non-hydrogen) atoms. The Bertz CT molecular complexity index is 1220. The molecule has 7 nitrogen and oxygen atoms in total. The van der Waals surface area contributed by atoms with E-state index < -0.39 is 0 Å². The lowest BCUT2D eigenvalue weighted by atomic mass is 10.1. The first-order chi connectivity index (χ1) is 14.6. The first-order valence-electron chi connectivity index (χ1n) is 8.79. The normalized spacial score (nSPS) is 11.0. The summed E-state index contributed by atoms with van der Waals surface area (Å²) in [5.74, 6) is 0.211. The summed E-state index contributed by atoms with van der Waals surface area (Å²) >= 11 is 7.50. The Labute approximate surface area is 180 Å². The molecular weight excluding hydrogens is 428 g/mol. The summed E-state index contributed by atoms with van der Waals surface area (Å²) in [5, 5.41) is 3.06. The van der Waals surface area contributed by atoms with Crippen molar-refractivity contribution in [1.29, 1.82) is 0 Å². The van der Waals surface area contributed by atoms with Gasteiger partial charge in [0.15, 0.2) is 12.0 Å². The van der Waals surface area contributed by atoms with Crippen LogP contribution in [0.25, 0.3) is 21.4 Å². The van der Waals surface area contributed by atoms with Gasteiger partial charge in [0, 0.05) is 16.6 Å². The van der Waals surface area contributed by atoms with E-state index in [-0.39, 0.29) is 18.3 Å². The monoisotopic (exact) mass is 442 g/mol. The van der Waals surface area contributed by atoms with Crippen molar-refractivity contribution in [3.63, 3.8) is 0 Å². The average Bonchev–Trinajstić information content (AvgIpc) is 3.30. The van der Waals surface area contributed by atoms with Crippen LogP contribution in [0.3, 0.4) is 0 Å². The molecule has 0 unspecified atom stereocenters. The smallest absolute Gasteiger partial charge is 0.258 e. The number of carbonyl (C=O) groups excluding carboxylic acids is 2. The van der Waals surface area contributed by atoms with Crippen molar-refractivity contribution >= 4 is 51.2 Å². The zero-order valence-corrected chi connectivity index (χ0v) is 17.3. The Hall–Kier alpha value is -3.04. The Morgan fingerprint density at radius 2 is 2.13 bits per heavy atom. The van der Waals surface area contributed by atoms with Gasteiger partial charge in [-0.1, -0.05) is 23.7 Å². The number of aldehydes is 1. The number of aromatic nitrogens is 1. The van der Waals surface area contributed by atoms with Crippen LogP contribution in [0.5, 0.6) is 0 Å². The summed E-state index contributed by atoms with van der Waals surface area (Å²) in [7, 11) is 1.44. The first kappa shape index (κ1) is 20.2. The first-order valence-corrected chi connectivity index (χ1v) is 9.98. The lowest BCUT2D eigenvalue weighted by molar-refractivity contribution is -0.281. The molecular formula is C21H15ClN2O5S. The van der Waals surface area contributed by atoms with E-state index in [1.807, 2.05) is 0 Å². The minimum atomic E-state index is -0.360. The molecule has 4 aromatic rings. The molecule has 3 heterocycles. The Morgan fingerprint density at radius 3 is 2.83 bits per heavy atom. The summed E-state index contributed by atoms with van der Waals surface area (Å²) in [6.07, 6.45) is 2.24. The highest BCUT2D eigenvalue weighted by molar-refractivity contribution is 7.19. The number of rotatable bonds is 7. The van der Waals surface area contributed by atoms with Gasteiger partial charge in [-0.05, 0) is 30.3 Å². The number of pyridine rings is 1. The number of nitrogens with zero attached hydrogens (tertiary/aromatic N) is 1. The zero-order valence-electron chi connectivity index (χ0n) is 15.7. The van der Waals surface area contributed by atoms with Crippen LogP contribution in [0.4, 0.5) is 5.82 Å². The van der Waals surface area contributed by atoms with E-state index >= 15 is 0 Å². The maximum atomic E-state index is 12.4. The fraction of sp³-hybridized carbons (Fsp3) is 0.0952. The molecule has 3 aromatic heterocycles. The van der Waals surface area contributed by atoms with Crippen molar-refractivity contribution in [3.05, 3.63) is 69.9 Å². The fourth-order valence-electron chi connectivity index (χ4n) is 2.94. The van der Waals surface area contributed by atoms with Gasteiger partial charge in [0.1, 0.15) is 18.0 Å². The van der Waals surface area contributed by atoms with Gasteiger partial charge in [0.05, 0.1) is 28.0 Å². The number of amides is 1. The molecule has 0 saturated carbocycles. The highest BCUT2D eigenvalue weighted by Gasteiger charge is 2.19. The van der Waals surface area contributed by atoms with Crippen molar-refractivity contribution in [1.82, 2.24) is 4.98 Å². The SMILES string of the molecule is COOCc1cc2oc(C=O)c(-c3ccc(NC(=O)c4ccccc4Cl)nc3)c2s1. The van der Waals surface area contributed by atoms with Crippen molar-refractivity contribution in [2.75, 3.05) is 12.4 Å². The molecule has 9 heteroatoms. The van der Waals surface area contributed by atoms with E-state index in [4.69, 9.17) is 20.9 Å². The quantitative estimate of drug-likeness (QED) is 0.235. The maximum absolute atomic E-state index is 12.4. The predicted molar refractivity (Wildman–Crippen MR) is 114 cm³/mol. The van der Waals surface area contributed by atoms with Gasteiger partial charge in [-0.2, -0.15) is 0 Å². The molecule has 0 aliphatic carbocycles. The Morgan fingerprint density at radius 1 is 1.30 bits per heavy atom. The number of hydrogen-bond donors (Lipinski definition) is 1. The third kappa shape index (κ3) is 3.99. The molecule has 4 rings (SSSR count). The van der Waals surface area contributed by atoms with Gasteiger partial charge in [-0.25, -0.2) is 14.8 Å². The second-order valence-electron chi connectivity index (χ2n) is 6.16. The predicted octanol–water partition coefficient (Wildman–Crippen LogP) is 5.35. The van der Waals surface area contributed by atoms with E-state index in [0.717, 1.165) is 9.58 Å². The topological polar surface area (TPSA) is 90.7 Å². The van der Waals surface area contributed by atoms with Crippen LogP contribution >= 0.6 is 22.9 Å². The number of furan rings is 1. The lowest BCUT2D eigenvalue weighted by Gasteiger charge is -2.07. The van der Waals surface area contributed by atoms with Crippen LogP contribution in [-0.4, -0.2) is 24.3 Å². The molecule has 0 saturated heterocycles. The highest BCUT2D eigenvalue weighted by atomic mass is 35.5. The number of thiophene rings is 1. The highest BCUT2D eigenvalue weighted by Crippen LogP contribution is 2.39. The fourth-order valence-corrected chi connectivity index (χ4v) is 4.22. The van der Waals surface area contributed by atoms with Gasteiger partial charge in [0.2, 0.25) is 0 Å². The van der Waals surface area contributed by atoms with Crippen molar-refractivity contribution in [2.24, 2.45) is 0 Å². The van der Waals surface area contributed by atoms with E-state index in [1.165, 1.54) is 18.4 Å². The van der Waals surface area contributed by atoms with Gasteiger partial charge in [0.25, 0.3) is 5.91 Å². The number of benzene rings is 1. The average molecular weight is 443 g/mol. The number of anilines is 1. The van der Waals surface area contributed by atoms with Crippen molar-refractivity contribution in [3.8, 4) is 11.1 Å². The number of hydrogen-bond acceptors (Lipinski definition) is 7. The molecule has 0 bridgehead atoms. The molecule has 1 N–H and O–H groups in total. The number of fused-ring (bicyclic) bond motifs is 1. The molecule has 0 aliphatic heterocycles. The second kappa shape index (κ2) is 8.76. The van der Waals surface area contributed by atoms with E-state index in [2.05, 4.69) is 15.2 Å². The largest absolute Gasteiger partial charge is 0.452 e. The minimum absolute atomic E-state index is 0.213. The van der Waals surface area contributed by atoms with Crippen LogP contribution in [0.1, 0.15) is 25.8 Å². The molecule has 0 spiro atoms. The van der Waals surface area contributed by atoms with Crippen LogP contribution in [0.15, 0.2) is 53.1 Å². The molecule has 0 aliphatic rings. The van der Waals surface area contributed by atoms with Crippen molar-refractivity contribution in [2.45, 2.75) is 6.61 Å². The number of halogens is 1. The van der Waals surface area contributed by atoms with E-state index in [0.29, 0.717) is 39.4 Å². The summed E-state index contributed by atoms with van der Waals surface area (Å²) in [5.41, 5.74) is 2.27. The molecule has 0 atom stereocenters. The summed E-state index contributed by atoms with van der Waals surface area (Å²) < 4.78 is 6.47. The number of carbonyl (C=O) groups is 2. The number of nitrogens with one attached hydrogen (secondary N) is 1. The van der Waals surface area contributed by atoms with Crippen LogP contribution in [0, 0.1) is 0 Å². The molecule has 0 fully saturated rings. The molecule has 152 valence electrons. The van der Waals surface area contributed by atoms with Crippen LogP contribution < -0.4 is 5.32 Å². The van der Waals surface area contributed by atoms with E-state index in [9.17, 15) is 9.59 Å². The Balaban J connectivity index is 1.61. The standard InChI is InChI=1S/C21H15ClN2O5S/c1-27-28-11-13-8-16-20(30-13)19(17(10-25)29-16)12-6-7-18(23-9-12)24-21(26)14-4-2-3-5-15(14)22/h2-10H,11H2,1H3,(H,23,24,26). The van der Waals surface area contributed by atoms with Gasteiger partial charge in [-0.3, -0.25) is 9.59 Å².